The molecule has 0 spiro atoms. The van der Waals surface area contributed by atoms with Crippen LogP contribution in [0.1, 0.15) is 21.5 Å². The van der Waals surface area contributed by atoms with Crippen molar-refractivity contribution in [2.45, 2.75) is 6.42 Å². The van der Waals surface area contributed by atoms with Crippen LogP contribution >= 0.6 is 0 Å². The van der Waals surface area contributed by atoms with Crippen LogP contribution in [0, 0.1) is 0 Å². The van der Waals surface area contributed by atoms with E-state index in [0.29, 0.717) is 17.5 Å². The molecule has 0 amide bonds. The molecule has 0 aliphatic heterocycles. The molecule has 0 atom stereocenters. The third-order valence-electron chi connectivity index (χ3n) is 2.69. The lowest BCUT2D eigenvalue weighted by Crippen LogP contribution is -2.05. The molecule has 0 unspecified atom stereocenters. The number of ketones is 1. The molecule has 2 aromatic rings. The number of benzene rings is 2. The summed E-state index contributed by atoms with van der Waals surface area (Å²) in [5.41, 5.74) is 2.05. The van der Waals surface area contributed by atoms with Gasteiger partial charge in [-0.2, -0.15) is 0 Å². The van der Waals surface area contributed by atoms with Gasteiger partial charge in [-0.05, 0) is 5.56 Å². The summed E-state index contributed by atoms with van der Waals surface area (Å²) in [6.45, 7) is 3.47. The van der Waals surface area contributed by atoms with Crippen molar-refractivity contribution in [1.82, 2.24) is 0 Å². The summed E-state index contributed by atoms with van der Waals surface area (Å²) in [6.07, 6.45) is 0.300. The van der Waals surface area contributed by atoms with Crippen LogP contribution < -0.4 is 0 Å². The Morgan fingerprint density at radius 3 is 2.28 bits per heavy atom. The van der Waals surface area contributed by atoms with Gasteiger partial charge in [-0.1, -0.05) is 61.2 Å². The number of hydrogen-bond acceptors (Lipinski definition) is 2. The number of aliphatic hydroxyl groups excluding tert-OH is 1. The molecular weight excluding hydrogens is 224 g/mol. The zero-order chi connectivity index (χ0) is 13.0. The molecule has 2 nitrogen and oxygen atoms in total. The summed E-state index contributed by atoms with van der Waals surface area (Å²) in [5.74, 6) is 0.0239. The molecule has 0 heterocycles. The molecule has 0 bridgehead atoms. The number of allylic oxidation sites excluding steroid dienone is 1. The standard InChI is InChI=1S/C16H14O2/c1-12(17)11-14-9-5-6-10-15(14)16(18)13-7-3-2-4-8-13/h2-10,17H,1,11H2. The van der Waals surface area contributed by atoms with Crippen molar-refractivity contribution < 1.29 is 9.90 Å². The van der Waals surface area contributed by atoms with Gasteiger partial charge in [-0.15, -0.1) is 0 Å². The SMILES string of the molecule is C=C(O)Cc1ccccc1C(=O)c1ccccc1. The van der Waals surface area contributed by atoms with Gasteiger partial charge in [0.2, 0.25) is 0 Å². The molecule has 0 aromatic heterocycles. The molecule has 0 saturated carbocycles. The maximum atomic E-state index is 12.3. The first-order chi connectivity index (χ1) is 8.68. The largest absolute Gasteiger partial charge is 0.513 e. The lowest BCUT2D eigenvalue weighted by atomic mass is 9.96. The van der Waals surface area contributed by atoms with Crippen LogP contribution in [-0.2, 0) is 6.42 Å². The highest BCUT2D eigenvalue weighted by molar-refractivity contribution is 6.09. The number of carbonyl (C=O) groups is 1. The van der Waals surface area contributed by atoms with E-state index in [2.05, 4.69) is 6.58 Å². The molecule has 2 heteroatoms. The third-order valence-corrected chi connectivity index (χ3v) is 2.69. The zero-order valence-corrected chi connectivity index (χ0v) is 9.97. The molecule has 0 fully saturated rings. The Kier molecular flexibility index (Phi) is 3.58. The van der Waals surface area contributed by atoms with Crippen LogP contribution in [0.25, 0.3) is 0 Å². The molecule has 0 aliphatic rings. The summed E-state index contributed by atoms with van der Waals surface area (Å²) in [4.78, 5) is 12.3. The highest BCUT2D eigenvalue weighted by Crippen LogP contribution is 2.16. The predicted molar refractivity (Wildman–Crippen MR) is 71.8 cm³/mol. The Bertz CT molecular complexity index is 571. The Labute approximate surface area is 106 Å². The van der Waals surface area contributed by atoms with Crippen LogP contribution in [0.4, 0.5) is 0 Å². The van der Waals surface area contributed by atoms with E-state index in [9.17, 15) is 9.90 Å². The van der Waals surface area contributed by atoms with Gasteiger partial charge in [0.05, 0.1) is 5.76 Å². The minimum Gasteiger partial charge on any atom is -0.513 e. The van der Waals surface area contributed by atoms with E-state index in [1.54, 1.807) is 18.2 Å². The summed E-state index contributed by atoms with van der Waals surface area (Å²) in [6, 6.07) is 16.4. The molecule has 0 aliphatic carbocycles. The summed E-state index contributed by atoms with van der Waals surface area (Å²) < 4.78 is 0. The average molecular weight is 238 g/mol. The normalized spacial score (nSPS) is 10.0. The molecule has 2 aromatic carbocycles. The van der Waals surface area contributed by atoms with Gasteiger partial charge in [0.1, 0.15) is 0 Å². The fourth-order valence-electron chi connectivity index (χ4n) is 1.86. The van der Waals surface area contributed by atoms with Gasteiger partial charge in [-0.25, -0.2) is 0 Å². The van der Waals surface area contributed by atoms with Crippen LogP contribution in [-0.4, -0.2) is 10.9 Å². The van der Waals surface area contributed by atoms with Crippen molar-refractivity contribution in [2.75, 3.05) is 0 Å². The van der Waals surface area contributed by atoms with Gasteiger partial charge in [0, 0.05) is 17.5 Å². The summed E-state index contributed by atoms with van der Waals surface area (Å²) >= 11 is 0. The fraction of sp³-hybridized carbons (Fsp3) is 0.0625. The van der Waals surface area contributed by atoms with Crippen LogP contribution in [0.5, 0.6) is 0 Å². The van der Waals surface area contributed by atoms with Crippen LogP contribution in [0.2, 0.25) is 0 Å². The number of hydrogen-bond donors (Lipinski definition) is 1. The van der Waals surface area contributed by atoms with Crippen LogP contribution in [0.15, 0.2) is 66.9 Å². The van der Waals surface area contributed by atoms with Crippen molar-refractivity contribution in [3.8, 4) is 0 Å². The minimum absolute atomic E-state index is 0.0348. The third kappa shape index (κ3) is 2.66. The Balaban J connectivity index is 2.39. The van der Waals surface area contributed by atoms with Gasteiger partial charge < -0.3 is 5.11 Å². The molecule has 2 rings (SSSR count). The van der Waals surface area contributed by atoms with E-state index in [1.807, 2.05) is 36.4 Å². The molecular formula is C16H14O2. The van der Waals surface area contributed by atoms with E-state index in [4.69, 9.17) is 0 Å². The molecule has 1 N–H and O–H groups in total. The lowest BCUT2D eigenvalue weighted by Gasteiger charge is -2.07. The van der Waals surface area contributed by atoms with Gasteiger partial charge in [0.25, 0.3) is 0 Å². The molecule has 0 radical (unpaired) electrons. The Morgan fingerprint density at radius 1 is 1.00 bits per heavy atom. The first kappa shape index (κ1) is 12.1. The number of aliphatic hydroxyl groups is 1. The highest BCUT2D eigenvalue weighted by Gasteiger charge is 2.12. The first-order valence-corrected chi connectivity index (χ1v) is 5.73. The monoisotopic (exact) mass is 238 g/mol. The Morgan fingerprint density at radius 2 is 1.61 bits per heavy atom. The van der Waals surface area contributed by atoms with E-state index in [0.717, 1.165) is 5.56 Å². The highest BCUT2D eigenvalue weighted by atomic mass is 16.3. The maximum Gasteiger partial charge on any atom is 0.193 e. The van der Waals surface area contributed by atoms with Crippen molar-refractivity contribution in [1.29, 1.82) is 0 Å². The topological polar surface area (TPSA) is 37.3 Å². The van der Waals surface area contributed by atoms with Crippen LogP contribution in [0.3, 0.4) is 0 Å². The van der Waals surface area contributed by atoms with Gasteiger partial charge in [0.15, 0.2) is 5.78 Å². The van der Waals surface area contributed by atoms with Gasteiger partial charge in [-0.3, -0.25) is 4.79 Å². The van der Waals surface area contributed by atoms with Gasteiger partial charge >= 0.3 is 0 Å². The predicted octanol–water partition coefficient (Wildman–Crippen LogP) is 3.53. The van der Waals surface area contributed by atoms with E-state index in [-0.39, 0.29) is 11.5 Å². The summed E-state index contributed by atoms with van der Waals surface area (Å²) in [5, 5.41) is 9.28. The number of rotatable bonds is 4. The Hall–Kier alpha value is -2.35. The molecule has 0 saturated heterocycles. The minimum atomic E-state index is -0.0348. The zero-order valence-electron chi connectivity index (χ0n) is 9.97. The molecule has 18 heavy (non-hydrogen) atoms. The first-order valence-electron chi connectivity index (χ1n) is 5.73. The second kappa shape index (κ2) is 5.32. The summed E-state index contributed by atoms with van der Waals surface area (Å²) in [7, 11) is 0. The van der Waals surface area contributed by atoms with E-state index < -0.39 is 0 Å². The second-order valence-corrected chi connectivity index (χ2v) is 4.10. The van der Waals surface area contributed by atoms with Crippen molar-refractivity contribution in [3.63, 3.8) is 0 Å². The smallest absolute Gasteiger partial charge is 0.193 e. The van der Waals surface area contributed by atoms with Crippen molar-refractivity contribution in [2.24, 2.45) is 0 Å². The number of carbonyl (C=O) groups excluding carboxylic acids is 1. The fourth-order valence-corrected chi connectivity index (χ4v) is 1.86. The quantitative estimate of drug-likeness (QED) is 0.653. The average Bonchev–Trinajstić information content (AvgIpc) is 2.39. The second-order valence-electron chi connectivity index (χ2n) is 4.10. The van der Waals surface area contributed by atoms with Crippen molar-refractivity contribution >= 4 is 5.78 Å². The lowest BCUT2D eigenvalue weighted by molar-refractivity contribution is 0.103. The maximum absolute atomic E-state index is 12.3. The van der Waals surface area contributed by atoms with Crippen molar-refractivity contribution in [3.05, 3.63) is 83.6 Å². The van der Waals surface area contributed by atoms with E-state index >= 15 is 0 Å². The molecule has 90 valence electrons. The van der Waals surface area contributed by atoms with E-state index in [1.165, 1.54) is 0 Å².